The standard InChI is InChI=1S/C30H59N3O6/c1-5-7-9-11-12-14-18-25(17-13-10-8-6-2)29(36)38-22-16-15-21-32-28(35)20-19-27(31)30(37)39-24-26(34)23-33(3)4/h25-27,34H,5-24,31H2,1-4H3,(H,32,35). The van der Waals surface area contributed by atoms with Crippen molar-refractivity contribution in [2.75, 3.05) is 40.4 Å². The van der Waals surface area contributed by atoms with Gasteiger partial charge < -0.3 is 30.5 Å². The van der Waals surface area contributed by atoms with Gasteiger partial charge in [0.1, 0.15) is 18.8 Å². The fraction of sp³-hybridized carbons (Fsp3) is 0.900. The van der Waals surface area contributed by atoms with E-state index in [1.165, 1.54) is 51.4 Å². The minimum atomic E-state index is -0.909. The smallest absolute Gasteiger partial charge is 0.323 e. The van der Waals surface area contributed by atoms with E-state index in [0.29, 0.717) is 32.5 Å². The predicted octanol–water partition coefficient (Wildman–Crippen LogP) is 4.34. The maximum atomic E-state index is 12.7. The molecule has 0 aromatic heterocycles. The number of ether oxygens (including phenoxy) is 2. The zero-order valence-corrected chi connectivity index (χ0v) is 25.4. The molecule has 39 heavy (non-hydrogen) atoms. The van der Waals surface area contributed by atoms with E-state index in [9.17, 15) is 19.5 Å². The highest BCUT2D eigenvalue weighted by molar-refractivity contribution is 5.79. The van der Waals surface area contributed by atoms with Crippen molar-refractivity contribution < 1.29 is 29.0 Å². The number of aliphatic hydroxyl groups excluding tert-OH is 1. The summed E-state index contributed by atoms with van der Waals surface area (Å²) < 4.78 is 10.6. The third-order valence-electron chi connectivity index (χ3n) is 6.76. The maximum absolute atomic E-state index is 12.7. The van der Waals surface area contributed by atoms with Crippen LogP contribution in [0.4, 0.5) is 0 Å². The van der Waals surface area contributed by atoms with Crippen LogP contribution in [0.3, 0.4) is 0 Å². The number of amides is 1. The van der Waals surface area contributed by atoms with Crippen LogP contribution in [0.5, 0.6) is 0 Å². The Kier molecular flexibility index (Phi) is 24.2. The number of carbonyl (C=O) groups is 3. The van der Waals surface area contributed by atoms with Gasteiger partial charge in [-0.25, -0.2) is 0 Å². The molecule has 9 heteroatoms. The molecule has 3 unspecified atom stereocenters. The number of carbonyl (C=O) groups excluding carboxylic acids is 3. The van der Waals surface area contributed by atoms with E-state index in [1.54, 1.807) is 4.90 Å². The quantitative estimate of drug-likeness (QED) is 0.106. The van der Waals surface area contributed by atoms with Gasteiger partial charge in [0.2, 0.25) is 5.91 Å². The lowest BCUT2D eigenvalue weighted by Crippen LogP contribution is -2.37. The van der Waals surface area contributed by atoms with Crippen molar-refractivity contribution in [1.29, 1.82) is 0 Å². The lowest BCUT2D eigenvalue weighted by atomic mass is 9.94. The molecule has 0 aromatic carbocycles. The van der Waals surface area contributed by atoms with Gasteiger partial charge in [-0.3, -0.25) is 14.4 Å². The molecule has 0 saturated heterocycles. The van der Waals surface area contributed by atoms with Gasteiger partial charge in [-0.15, -0.1) is 0 Å². The van der Waals surface area contributed by atoms with Gasteiger partial charge in [0, 0.05) is 19.5 Å². The first-order chi connectivity index (χ1) is 18.7. The first-order valence-electron chi connectivity index (χ1n) is 15.4. The minimum Gasteiger partial charge on any atom is -0.465 e. The van der Waals surface area contributed by atoms with Crippen molar-refractivity contribution in [2.45, 2.75) is 129 Å². The molecule has 4 N–H and O–H groups in total. The summed E-state index contributed by atoms with van der Waals surface area (Å²) in [6.45, 7) is 5.51. The van der Waals surface area contributed by atoms with Crippen molar-refractivity contribution in [1.82, 2.24) is 10.2 Å². The number of rotatable bonds is 26. The number of likely N-dealkylation sites (N-methyl/N-ethyl adjacent to an activating group) is 1. The first kappa shape index (κ1) is 37.3. The molecule has 1 amide bonds. The van der Waals surface area contributed by atoms with Crippen LogP contribution < -0.4 is 11.1 Å². The molecular weight excluding hydrogens is 498 g/mol. The Labute approximate surface area is 237 Å². The average molecular weight is 558 g/mol. The summed E-state index contributed by atoms with van der Waals surface area (Å²) in [4.78, 5) is 38.5. The van der Waals surface area contributed by atoms with Gasteiger partial charge >= 0.3 is 11.9 Å². The van der Waals surface area contributed by atoms with Gasteiger partial charge in [-0.05, 0) is 46.2 Å². The van der Waals surface area contributed by atoms with Crippen LogP contribution in [0.2, 0.25) is 0 Å². The van der Waals surface area contributed by atoms with Gasteiger partial charge in [-0.1, -0.05) is 78.1 Å². The highest BCUT2D eigenvalue weighted by atomic mass is 16.5. The van der Waals surface area contributed by atoms with Crippen molar-refractivity contribution in [3.63, 3.8) is 0 Å². The van der Waals surface area contributed by atoms with Crippen LogP contribution in [-0.2, 0) is 23.9 Å². The number of aliphatic hydroxyl groups is 1. The molecule has 0 aliphatic rings. The lowest BCUT2D eigenvalue weighted by Gasteiger charge is -2.17. The predicted molar refractivity (Wildman–Crippen MR) is 156 cm³/mol. The fourth-order valence-electron chi connectivity index (χ4n) is 4.37. The highest BCUT2D eigenvalue weighted by Gasteiger charge is 2.20. The summed E-state index contributed by atoms with van der Waals surface area (Å²) in [5.41, 5.74) is 5.81. The van der Waals surface area contributed by atoms with Crippen molar-refractivity contribution in [3.8, 4) is 0 Å². The van der Waals surface area contributed by atoms with Crippen LogP contribution in [0.25, 0.3) is 0 Å². The molecule has 0 aliphatic carbocycles. The van der Waals surface area contributed by atoms with Crippen molar-refractivity contribution in [3.05, 3.63) is 0 Å². The summed E-state index contributed by atoms with van der Waals surface area (Å²) in [6.07, 6.45) is 14.7. The molecule has 0 bridgehead atoms. The SMILES string of the molecule is CCCCCCCCC(CCCCCC)C(=O)OCCCCNC(=O)CCC(N)C(=O)OCC(O)CN(C)C. The van der Waals surface area contributed by atoms with E-state index in [1.807, 2.05) is 14.1 Å². The molecule has 0 rings (SSSR count). The fourth-order valence-corrected chi connectivity index (χ4v) is 4.37. The topological polar surface area (TPSA) is 131 Å². The Balaban J connectivity index is 4.08. The van der Waals surface area contributed by atoms with Gasteiger partial charge in [0.25, 0.3) is 0 Å². The molecule has 0 aliphatic heterocycles. The van der Waals surface area contributed by atoms with E-state index >= 15 is 0 Å². The minimum absolute atomic E-state index is 0.000111. The van der Waals surface area contributed by atoms with E-state index < -0.39 is 18.1 Å². The highest BCUT2D eigenvalue weighted by Crippen LogP contribution is 2.20. The Hall–Kier alpha value is -1.71. The van der Waals surface area contributed by atoms with Crippen LogP contribution in [0.1, 0.15) is 117 Å². The van der Waals surface area contributed by atoms with Gasteiger partial charge in [-0.2, -0.15) is 0 Å². The monoisotopic (exact) mass is 557 g/mol. The van der Waals surface area contributed by atoms with Crippen molar-refractivity contribution in [2.24, 2.45) is 11.7 Å². The average Bonchev–Trinajstić information content (AvgIpc) is 2.90. The zero-order valence-electron chi connectivity index (χ0n) is 25.4. The van der Waals surface area contributed by atoms with Crippen LogP contribution in [-0.4, -0.2) is 80.4 Å². The lowest BCUT2D eigenvalue weighted by molar-refractivity contribution is -0.150. The van der Waals surface area contributed by atoms with Crippen LogP contribution in [0, 0.1) is 5.92 Å². The molecule has 0 spiro atoms. The molecule has 0 radical (unpaired) electrons. The summed E-state index contributed by atoms with van der Waals surface area (Å²) in [5.74, 6) is -0.879. The summed E-state index contributed by atoms with van der Waals surface area (Å²) in [5, 5.41) is 12.6. The van der Waals surface area contributed by atoms with E-state index in [2.05, 4.69) is 19.2 Å². The number of hydrogen-bond donors (Lipinski definition) is 3. The second kappa shape index (κ2) is 25.3. The van der Waals surface area contributed by atoms with Crippen molar-refractivity contribution >= 4 is 17.8 Å². The third kappa shape index (κ3) is 22.8. The maximum Gasteiger partial charge on any atom is 0.323 e. The second-order valence-corrected chi connectivity index (χ2v) is 11.0. The normalized spacial score (nSPS) is 13.6. The summed E-state index contributed by atoms with van der Waals surface area (Å²) in [6, 6.07) is -0.909. The number of hydrogen-bond acceptors (Lipinski definition) is 8. The van der Waals surface area contributed by atoms with E-state index in [0.717, 1.165) is 25.7 Å². The Bertz CT molecular complexity index is 632. The zero-order chi connectivity index (χ0) is 29.3. The van der Waals surface area contributed by atoms with Gasteiger partial charge in [0.05, 0.1) is 12.5 Å². The van der Waals surface area contributed by atoms with Gasteiger partial charge in [0.15, 0.2) is 0 Å². The first-order valence-corrected chi connectivity index (χ1v) is 15.4. The summed E-state index contributed by atoms with van der Waals surface area (Å²) in [7, 11) is 3.62. The Morgan fingerprint density at radius 3 is 2.00 bits per heavy atom. The number of esters is 2. The third-order valence-corrected chi connectivity index (χ3v) is 6.76. The number of nitrogens with two attached hydrogens (primary N) is 1. The molecular formula is C30H59N3O6. The number of nitrogens with one attached hydrogen (secondary N) is 1. The molecule has 230 valence electrons. The van der Waals surface area contributed by atoms with E-state index in [4.69, 9.17) is 15.2 Å². The molecule has 9 nitrogen and oxygen atoms in total. The van der Waals surface area contributed by atoms with Crippen LogP contribution >= 0.6 is 0 Å². The molecule has 3 atom stereocenters. The number of nitrogens with zero attached hydrogens (tertiary/aromatic N) is 1. The molecule has 0 saturated carbocycles. The molecule has 0 heterocycles. The number of unbranched alkanes of at least 4 members (excludes halogenated alkanes) is 9. The summed E-state index contributed by atoms with van der Waals surface area (Å²) >= 11 is 0. The van der Waals surface area contributed by atoms with E-state index in [-0.39, 0.29) is 37.2 Å². The largest absolute Gasteiger partial charge is 0.465 e. The Morgan fingerprint density at radius 2 is 1.38 bits per heavy atom. The Morgan fingerprint density at radius 1 is 0.795 bits per heavy atom. The van der Waals surface area contributed by atoms with Crippen LogP contribution in [0.15, 0.2) is 0 Å². The second-order valence-electron chi connectivity index (χ2n) is 11.0. The molecule has 0 fully saturated rings. The molecule has 0 aromatic rings.